The van der Waals surface area contributed by atoms with Crippen LogP contribution in [0.4, 0.5) is 0 Å². The maximum atomic E-state index is 12.7. The molecule has 1 N–H and O–H groups in total. The lowest BCUT2D eigenvalue weighted by molar-refractivity contribution is -0.133. The molecule has 1 aromatic carbocycles. The summed E-state index contributed by atoms with van der Waals surface area (Å²) in [7, 11) is 0. The third kappa shape index (κ3) is 3.29. The molecular formula is C17H18ClN3O. The van der Waals surface area contributed by atoms with Crippen LogP contribution in [-0.2, 0) is 11.2 Å². The fraction of sp³-hybridized carbons (Fsp3) is 0.294. The van der Waals surface area contributed by atoms with Crippen molar-refractivity contribution in [2.24, 2.45) is 0 Å². The van der Waals surface area contributed by atoms with Crippen LogP contribution in [0, 0.1) is 0 Å². The van der Waals surface area contributed by atoms with Gasteiger partial charge in [-0.3, -0.25) is 9.78 Å². The van der Waals surface area contributed by atoms with Crippen LogP contribution < -0.4 is 5.32 Å². The number of carbonyl (C=O) groups excluding carboxylic acids is 1. The molecule has 0 spiro atoms. The van der Waals surface area contributed by atoms with Gasteiger partial charge < -0.3 is 10.2 Å². The van der Waals surface area contributed by atoms with Gasteiger partial charge in [0.15, 0.2) is 0 Å². The van der Waals surface area contributed by atoms with Crippen molar-refractivity contribution in [1.29, 1.82) is 0 Å². The van der Waals surface area contributed by atoms with Gasteiger partial charge in [0.2, 0.25) is 5.91 Å². The minimum atomic E-state index is 0.0254. The Kier molecular flexibility index (Phi) is 4.71. The molecule has 1 atom stereocenters. The first-order valence-electron chi connectivity index (χ1n) is 7.39. The predicted molar refractivity (Wildman–Crippen MR) is 86.7 cm³/mol. The second-order valence-corrected chi connectivity index (χ2v) is 5.77. The first-order valence-corrected chi connectivity index (χ1v) is 7.77. The number of piperazine rings is 1. The van der Waals surface area contributed by atoms with Crippen LogP contribution in [0.1, 0.15) is 17.2 Å². The van der Waals surface area contributed by atoms with Gasteiger partial charge in [-0.25, -0.2) is 0 Å². The van der Waals surface area contributed by atoms with Gasteiger partial charge in [-0.15, -0.1) is 0 Å². The lowest BCUT2D eigenvalue weighted by Gasteiger charge is -2.36. The van der Waals surface area contributed by atoms with Crippen molar-refractivity contribution in [3.63, 3.8) is 0 Å². The number of halogens is 1. The summed E-state index contributed by atoms with van der Waals surface area (Å²) in [5.74, 6) is 0.100. The van der Waals surface area contributed by atoms with E-state index in [4.69, 9.17) is 11.6 Å². The van der Waals surface area contributed by atoms with E-state index in [0.717, 1.165) is 24.2 Å². The Morgan fingerprint density at radius 2 is 2.18 bits per heavy atom. The van der Waals surface area contributed by atoms with Gasteiger partial charge in [-0.05, 0) is 23.3 Å². The van der Waals surface area contributed by atoms with Crippen molar-refractivity contribution in [2.45, 2.75) is 12.5 Å². The summed E-state index contributed by atoms with van der Waals surface area (Å²) in [6, 6.07) is 11.4. The van der Waals surface area contributed by atoms with Crippen molar-refractivity contribution in [3.05, 3.63) is 64.9 Å². The Bertz CT molecular complexity index is 647. The van der Waals surface area contributed by atoms with Crippen LogP contribution in [0.15, 0.2) is 48.8 Å². The Morgan fingerprint density at radius 3 is 2.95 bits per heavy atom. The van der Waals surface area contributed by atoms with Gasteiger partial charge in [-0.1, -0.05) is 35.9 Å². The molecule has 4 nitrogen and oxygen atoms in total. The monoisotopic (exact) mass is 315 g/mol. The standard InChI is InChI=1S/C17H18ClN3O/c18-15-6-2-1-4-13(15)10-17(22)21-9-8-20-12-16(21)14-5-3-7-19-11-14/h1-7,11,16,20H,8-10,12H2. The van der Waals surface area contributed by atoms with E-state index in [0.29, 0.717) is 18.0 Å². The van der Waals surface area contributed by atoms with Crippen LogP contribution in [-0.4, -0.2) is 35.4 Å². The zero-order chi connectivity index (χ0) is 15.4. The molecule has 3 rings (SSSR count). The fourth-order valence-corrected chi connectivity index (χ4v) is 2.98. The number of hydrogen-bond donors (Lipinski definition) is 1. The Labute approximate surface area is 135 Å². The molecule has 2 heterocycles. The number of nitrogens with one attached hydrogen (secondary N) is 1. The van der Waals surface area contributed by atoms with Crippen molar-refractivity contribution in [1.82, 2.24) is 15.2 Å². The van der Waals surface area contributed by atoms with Crippen molar-refractivity contribution in [2.75, 3.05) is 19.6 Å². The third-order valence-electron chi connectivity index (χ3n) is 3.93. The molecule has 1 amide bonds. The second-order valence-electron chi connectivity index (χ2n) is 5.36. The Balaban J connectivity index is 1.79. The summed E-state index contributed by atoms with van der Waals surface area (Å²) in [4.78, 5) is 18.8. The molecule has 5 heteroatoms. The lowest BCUT2D eigenvalue weighted by Crippen LogP contribution is -2.49. The summed E-state index contributed by atoms with van der Waals surface area (Å²) < 4.78 is 0. The summed E-state index contributed by atoms with van der Waals surface area (Å²) in [5, 5.41) is 3.99. The van der Waals surface area contributed by atoms with E-state index in [1.807, 2.05) is 47.5 Å². The van der Waals surface area contributed by atoms with Crippen LogP contribution in [0.2, 0.25) is 5.02 Å². The molecule has 0 saturated carbocycles. The van der Waals surface area contributed by atoms with Gasteiger partial charge in [0.05, 0.1) is 12.5 Å². The molecule has 0 aliphatic carbocycles. The van der Waals surface area contributed by atoms with Gasteiger partial charge in [0, 0.05) is 37.1 Å². The number of hydrogen-bond acceptors (Lipinski definition) is 3. The molecule has 1 aliphatic rings. The molecule has 1 aliphatic heterocycles. The normalized spacial score (nSPS) is 18.2. The summed E-state index contributed by atoms with van der Waals surface area (Å²) in [6.07, 6.45) is 3.90. The molecule has 1 fully saturated rings. The number of amides is 1. The van der Waals surface area contributed by atoms with E-state index in [1.165, 1.54) is 0 Å². The van der Waals surface area contributed by atoms with E-state index in [2.05, 4.69) is 10.3 Å². The second kappa shape index (κ2) is 6.90. The van der Waals surface area contributed by atoms with Crippen molar-refractivity contribution >= 4 is 17.5 Å². The predicted octanol–water partition coefficient (Wildman–Crippen LogP) is 2.45. The number of rotatable bonds is 3. The summed E-state index contributed by atoms with van der Waals surface area (Å²) in [6.45, 7) is 2.26. The molecule has 1 unspecified atom stereocenters. The van der Waals surface area contributed by atoms with Gasteiger partial charge in [-0.2, -0.15) is 0 Å². The average Bonchev–Trinajstić information content (AvgIpc) is 2.58. The van der Waals surface area contributed by atoms with E-state index < -0.39 is 0 Å². The van der Waals surface area contributed by atoms with E-state index in [1.54, 1.807) is 6.20 Å². The first-order chi connectivity index (χ1) is 10.8. The van der Waals surface area contributed by atoms with Crippen molar-refractivity contribution < 1.29 is 4.79 Å². The van der Waals surface area contributed by atoms with Crippen LogP contribution in [0.25, 0.3) is 0 Å². The van der Waals surface area contributed by atoms with E-state index in [9.17, 15) is 4.79 Å². The molecule has 22 heavy (non-hydrogen) atoms. The quantitative estimate of drug-likeness (QED) is 0.946. The maximum Gasteiger partial charge on any atom is 0.227 e. The lowest BCUT2D eigenvalue weighted by atomic mass is 10.0. The Morgan fingerprint density at radius 1 is 1.32 bits per heavy atom. The third-order valence-corrected chi connectivity index (χ3v) is 4.30. The van der Waals surface area contributed by atoms with Crippen LogP contribution in [0.3, 0.4) is 0 Å². The first kappa shape index (κ1) is 15.0. The fourth-order valence-electron chi connectivity index (χ4n) is 2.78. The van der Waals surface area contributed by atoms with E-state index >= 15 is 0 Å². The van der Waals surface area contributed by atoms with Gasteiger partial charge >= 0.3 is 0 Å². The smallest absolute Gasteiger partial charge is 0.227 e. The number of nitrogens with zero attached hydrogens (tertiary/aromatic N) is 2. The molecule has 0 radical (unpaired) electrons. The molecule has 114 valence electrons. The highest BCUT2D eigenvalue weighted by Crippen LogP contribution is 2.23. The topological polar surface area (TPSA) is 45.2 Å². The number of benzene rings is 1. The molecule has 1 aromatic heterocycles. The zero-order valence-electron chi connectivity index (χ0n) is 12.2. The average molecular weight is 316 g/mol. The highest BCUT2D eigenvalue weighted by molar-refractivity contribution is 6.31. The van der Waals surface area contributed by atoms with Crippen molar-refractivity contribution in [3.8, 4) is 0 Å². The molecule has 1 saturated heterocycles. The minimum Gasteiger partial charge on any atom is -0.333 e. The highest BCUT2D eigenvalue weighted by atomic mass is 35.5. The maximum absolute atomic E-state index is 12.7. The Hall–Kier alpha value is -1.91. The van der Waals surface area contributed by atoms with Crippen LogP contribution >= 0.6 is 11.6 Å². The highest BCUT2D eigenvalue weighted by Gasteiger charge is 2.28. The van der Waals surface area contributed by atoms with E-state index in [-0.39, 0.29) is 11.9 Å². The molecule has 2 aromatic rings. The molecule has 0 bridgehead atoms. The summed E-state index contributed by atoms with van der Waals surface area (Å²) in [5.41, 5.74) is 1.93. The number of aromatic nitrogens is 1. The van der Waals surface area contributed by atoms with Crippen LogP contribution in [0.5, 0.6) is 0 Å². The summed E-state index contributed by atoms with van der Waals surface area (Å²) >= 11 is 6.17. The SMILES string of the molecule is O=C(Cc1ccccc1Cl)N1CCNCC1c1cccnc1. The van der Waals surface area contributed by atoms with Gasteiger partial charge in [0.25, 0.3) is 0 Å². The van der Waals surface area contributed by atoms with Gasteiger partial charge in [0.1, 0.15) is 0 Å². The molecular weight excluding hydrogens is 298 g/mol. The number of pyridine rings is 1. The zero-order valence-corrected chi connectivity index (χ0v) is 13.0. The number of carbonyl (C=O) groups is 1. The minimum absolute atomic E-state index is 0.0254. The largest absolute Gasteiger partial charge is 0.333 e.